The zero-order valence-electron chi connectivity index (χ0n) is 13.9. The van der Waals surface area contributed by atoms with Gasteiger partial charge in [-0.2, -0.15) is 0 Å². The molecule has 2 N–H and O–H groups in total. The predicted octanol–water partition coefficient (Wildman–Crippen LogP) is 1.33. The molecule has 0 spiro atoms. The van der Waals surface area contributed by atoms with Gasteiger partial charge in [0.2, 0.25) is 11.8 Å². The Morgan fingerprint density at radius 2 is 1.88 bits per heavy atom. The van der Waals surface area contributed by atoms with Crippen LogP contribution in [0.5, 0.6) is 0 Å². The summed E-state index contributed by atoms with van der Waals surface area (Å²) in [5, 5.41) is 5.61. The van der Waals surface area contributed by atoms with Crippen molar-refractivity contribution in [2.45, 2.75) is 39.2 Å². The minimum Gasteiger partial charge on any atom is -0.351 e. The second kappa shape index (κ2) is 5.88. The van der Waals surface area contributed by atoms with Gasteiger partial charge < -0.3 is 10.6 Å². The quantitative estimate of drug-likeness (QED) is 0.801. The van der Waals surface area contributed by atoms with Gasteiger partial charge in [-0.05, 0) is 50.3 Å². The summed E-state index contributed by atoms with van der Waals surface area (Å²) in [6, 6.07) is 5.26. The number of hydrogen-bond donors (Lipinski definition) is 2. The summed E-state index contributed by atoms with van der Waals surface area (Å²) < 4.78 is 23.0. The van der Waals surface area contributed by atoms with Crippen LogP contribution in [0.1, 0.15) is 30.4 Å². The molecule has 130 valence electrons. The van der Waals surface area contributed by atoms with Crippen LogP contribution < -0.4 is 10.6 Å². The zero-order valence-corrected chi connectivity index (χ0v) is 14.7. The van der Waals surface area contributed by atoms with Crippen LogP contribution in [0.3, 0.4) is 0 Å². The van der Waals surface area contributed by atoms with E-state index in [1.807, 2.05) is 32.0 Å². The van der Waals surface area contributed by atoms with Gasteiger partial charge in [-0.3, -0.25) is 9.59 Å². The summed E-state index contributed by atoms with van der Waals surface area (Å²) in [4.78, 5) is 25.1. The molecule has 3 rings (SSSR count). The van der Waals surface area contributed by atoms with Crippen LogP contribution in [0.15, 0.2) is 18.2 Å². The van der Waals surface area contributed by atoms with Crippen LogP contribution in [0.2, 0.25) is 0 Å². The van der Waals surface area contributed by atoms with E-state index in [0.29, 0.717) is 24.9 Å². The summed E-state index contributed by atoms with van der Waals surface area (Å²) in [6.07, 6.45) is 1.41. The first-order chi connectivity index (χ1) is 11.2. The second-order valence-corrected chi connectivity index (χ2v) is 9.09. The van der Waals surface area contributed by atoms with Gasteiger partial charge >= 0.3 is 0 Å². The van der Waals surface area contributed by atoms with E-state index < -0.39 is 15.3 Å². The Balaban J connectivity index is 1.68. The molecule has 1 aromatic carbocycles. The molecule has 24 heavy (non-hydrogen) atoms. The number of anilines is 1. The van der Waals surface area contributed by atoms with Gasteiger partial charge in [-0.25, -0.2) is 8.42 Å². The molecular formula is C17H22N2O4S. The van der Waals surface area contributed by atoms with Crippen molar-refractivity contribution < 1.29 is 18.0 Å². The van der Waals surface area contributed by atoms with Crippen molar-refractivity contribution >= 4 is 27.3 Å². The van der Waals surface area contributed by atoms with E-state index in [-0.39, 0.29) is 29.4 Å². The van der Waals surface area contributed by atoms with Crippen molar-refractivity contribution in [3.8, 4) is 0 Å². The van der Waals surface area contributed by atoms with Crippen molar-refractivity contribution in [2.75, 3.05) is 16.8 Å². The van der Waals surface area contributed by atoms with Crippen molar-refractivity contribution in [1.29, 1.82) is 0 Å². The molecule has 1 aromatic rings. The second-order valence-electron chi connectivity index (χ2n) is 6.86. The summed E-state index contributed by atoms with van der Waals surface area (Å²) in [7, 11) is -3.06. The highest BCUT2D eigenvalue weighted by atomic mass is 32.2. The first-order valence-corrected chi connectivity index (χ1v) is 9.95. The minimum absolute atomic E-state index is 0.0343. The minimum atomic E-state index is -3.06. The summed E-state index contributed by atoms with van der Waals surface area (Å²) in [5.41, 5.74) is 1.70. The summed E-state index contributed by atoms with van der Waals surface area (Å²) in [6.45, 7) is 3.89. The van der Waals surface area contributed by atoms with Crippen LogP contribution in [0, 0.1) is 19.3 Å². The number of carbonyl (C=O) groups is 2. The number of sulfone groups is 1. The lowest BCUT2D eigenvalue weighted by Crippen LogP contribution is -2.45. The Labute approximate surface area is 141 Å². The third-order valence-corrected chi connectivity index (χ3v) is 6.81. The average Bonchev–Trinajstić information content (AvgIpc) is 3.25. The predicted molar refractivity (Wildman–Crippen MR) is 91.4 cm³/mol. The van der Waals surface area contributed by atoms with Crippen LogP contribution in [-0.4, -0.2) is 37.8 Å². The van der Waals surface area contributed by atoms with E-state index in [1.165, 1.54) is 0 Å². The molecule has 6 nitrogen and oxygen atoms in total. The normalized spacial score (nSPS) is 23.5. The van der Waals surface area contributed by atoms with Crippen molar-refractivity contribution in [3.05, 3.63) is 29.3 Å². The van der Waals surface area contributed by atoms with Crippen molar-refractivity contribution in [2.24, 2.45) is 5.41 Å². The molecule has 0 bridgehead atoms. The van der Waals surface area contributed by atoms with E-state index in [4.69, 9.17) is 0 Å². The van der Waals surface area contributed by atoms with Gasteiger partial charge in [0.05, 0.1) is 11.5 Å². The Morgan fingerprint density at radius 1 is 1.17 bits per heavy atom. The molecule has 1 atom stereocenters. The van der Waals surface area contributed by atoms with Crippen LogP contribution in [0.4, 0.5) is 5.69 Å². The molecule has 1 aliphatic carbocycles. The molecule has 1 saturated carbocycles. The molecule has 1 unspecified atom stereocenters. The number of benzene rings is 1. The number of aryl methyl sites for hydroxylation is 1. The van der Waals surface area contributed by atoms with Gasteiger partial charge in [-0.1, -0.05) is 12.1 Å². The SMILES string of the molecule is Cc1cccc(NC(=O)C2(C(=O)NC3CCS(=O)(=O)C3)CC2)c1C. The van der Waals surface area contributed by atoms with Crippen molar-refractivity contribution in [3.63, 3.8) is 0 Å². The molecule has 1 heterocycles. The lowest BCUT2D eigenvalue weighted by atomic mass is 10.0. The van der Waals surface area contributed by atoms with Crippen molar-refractivity contribution in [1.82, 2.24) is 5.32 Å². The Hall–Kier alpha value is -1.89. The fourth-order valence-electron chi connectivity index (χ4n) is 3.04. The molecule has 0 aromatic heterocycles. The van der Waals surface area contributed by atoms with Crippen LogP contribution in [0.25, 0.3) is 0 Å². The van der Waals surface area contributed by atoms with Crippen LogP contribution >= 0.6 is 0 Å². The smallest absolute Gasteiger partial charge is 0.240 e. The number of rotatable bonds is 4. The molecule has 7 heteroatoms. The molecule has 2 aliphatic rings. The highest BCUT2D eigenvalue weighted by Crippen LogP contribution is 2.47. The van der Waals surface area contributed by atoms with E-state index in [1.54, 1.807) is 0 Å². The number of nitrogens with one attached hydrogen (secondary N) is 2. The van der Waals surface area contributed by atoms with Gasteiger partial charge in [0.25, 0.3) is 0 Å². The maximum absolute atomic E-state index is 12.6. The fourth-order valence-corrected chi connectivity index (χ4v) is 4.72. The highest BCUT2D eigenvalue weighted by molar-refractivity contribution is 7.91. The van der Waals surface area contributed by atoms with Gasteiger partial charge in [0, 0.05) is 11.7 Å². The zero-order chi connectivity index (χ0) is 17.5. The van der Waals surface area contributed by atoms with Crippen LogP contribution in [-0.2, 0) is 19.4 Å². The molecular weight excluding hydrogens is 328 g/mol. The van der Waals surface area contributed by atoms with Gasteiger partial charge in [0.15, 0.2) is 9.84 Å². The average molecular weight is 350 g/mol. The molecule has 1 aliphatic heterocycles. The lowest BCUT2D eigenvalue weighted by molar-refractivity contribution is -0.134. The molecule has 0 radical (unpaired) electrons. The third kappa shape index (κ3) is 3.17. The standard InChI is InChI=1S/C17H22N2O4S/c1-11-4-3-5-14(12(11)2)19-16(21)17(7-8-17)15(20)18-13-6-9-24(22,23)10-13/h3-5,13H,6-10H2,1-2H3,(H,18,20)(H,19,21). The maximum Gasteiger partial charge on any atom is 0.240 e. The third-order valence-electron chi connectivity index (χ3n) is 5.04. The molecule has 2 amide bonds. The topological polar surface area (TPSA) is 92.3 Å². The van der Waals surface area contributed by atoms with Gasteiger partial charge in [-0.15, -0.1) is 0 Å². The molecule has 2 fully saturated rings. The lowest BCUT2D eigenvalue weighted by Gasteiger charge is -2.19. The Kier molecular flexibility index (Phi) is 4.15. The first-order valence-electron chi connectivity index (χ1n) is 8.13. The Bertz CT molecular complexity index is 797. The Morgan fingerprint density at radius 3 is 2.46 bits per heavy atom. The summed E-state index contributed by atoms with van der Waals surface area (Å²) in [5.74, 6) is -0.602. The van der Waals surface area contributed by atoms with E-state index in [9.17, 15) is 18.0 Å². The first kappa shape index (κ1) is 17.0. The van der Waals surface area contributed by atoms with E-state index >= 15 is 0 Å². The monoisotopic (exact) mass is 350 g/mol. The number of carbonyl (C=O) groups excluding carboxylic acids is 2. The summed E-state index contributed by atoms with van der Waals surface area (Å²) >= 11 is 0. The number of amides is 2. The van der Waals surface area contributed by atoms with E-state index in [2.05, 4.69) is 10.6 Å². The maximum atomic E-state index is 12.6. The largest absolute Gasteiger partial charge is 0.351 e. The molecule has 1 saturated heterocycles. The van der Waals surface area contributed by atoms with E-state index in [0.717, 1.165) is 11.1 Å². The fraction of sp³-hybridized carbons (Fsp3) is 0.529. The number of hydrogen-bond acceptors (Lipinski definition) is 4. The highest BCUT2D eigenvalue weighted by Gasteiger charge is 2.57. The van der Waals surface area contributed by atoms with Gasteiger partial charge in [0.1, 0.15) is 5.41 Å².